The number of anilines is 1. The summed E-state index contributed by atoms with van der Waals surface area (Å²) >= 11 is 0. The van der Waals surface area contributed by atoms with Crippen molar-refractivity contribution in [2.75, 3.05) is 5.32 Å². The Morgan fingerprint density at radius 3 is 2.31 bits per heavy atom. The first kappa shape index (κ1) is 22.9. The van der Waals surface area contributed by atoms with Crippen LogP contribution >= 0.6 is 0 Å². The quantitative estimate of drug-likeness (QED) is 0.341. The molecule has 2 heterocycles. The number of aliphatic imine (C=N–C) groups is 2. The number of amidine groups is 1. The minimum atomic E-state index is -5.04. The third kappa shape index (κ3) is 5.10. The molecule has 1 atom stereocenters. The summed E-state index contributed by atoms with van der Waals surface area (Å²) in [5.41, 5.74) is 1.73. The molecule has 168 valence electrons. The molecule has 0 amide bonds. The molecule has 0 saturated heterocycles. The van der Waals surface area contributed by atoms with Crippen molar-refractivity contribution in [1.29, 1.82) is 0 Å². The molecule has 0 radical (unpaired) electrons. The summed E-state index contributed by atoms with van der Waals surface area (Å²) < 4.78 is 80.2. The lowest BCUT2D eigenvalue weighted by Crippen LogP contribution is -2.25. The van der Waals surface area contributed by atoms with Gasteiger partial charge in [0.25, 0.3) is 5.95 Å². The number of rotatable bonds is 4. The van der Waals surface area contributed by atoms with E-state index in [0.29, 0.717) is 6.07 Å². The first-order valence-corrected chi connectivity index (χ1v) is 8.94. The Morgan fingerprint density at radius 2 is 1.72 bits per heavy atom. The summed E-state index contributed by atoms with van der Waals surface area (Å²) in [6.07, 6.45) is -5.17. The monoisotopic (exact) mass is 455 g/mol. The molecule has 3 aromatic rings. The number of benzene rings is 1. The number of nitrogens with two attached hydrogens (primary N) is 1. The lowest BCUT2D eigenvalue weighted by Gasteiger charge is -2.19. The van der Waals surface area contributed by atoms with E-state index in [1.807, 2.05) is 0 Å². The van der Waals surface area contributed by atoms with E-state index >= 15 is 0 Å². The van der Waals surface area contributed by atoms with Crippen molar-refractivity contribution in [3.63, 3.8) is 0 Å². The average Bonchev–Trinajstić information content (AvgIpc) is 2.72. The van der Waals surface area contributed by atoms with Crippen LogP contribution in [0.1, 0.15) is 18.1 Å². The van der Waals surface area contributed by atoms with E-state index in [1.165, 1.54) is 18.5 Å². The predicted octanol–water partition coefficient (Wildman–Crippen LogP) is 4.58. The van der Waals surface area contributed by atoms with Crippen LogP contribution in [0.4, 0.5) is 38.0 Å². The van der Waals surface area contributed by atoms with Crippen molar-refractivity contribution in [3.05, 3.63) is 54.0 Å². The first-order valence-electron chi connectivity index (χ1n) is 8.94. The summed E-state index contributed by atoms with van der Waals surface area (Å²) in [6, 6.07) is 2.67. The Kier molecular flexibility index (Phi) is 6.27. The van der Waals surface area contributed by atoms with Gasteiger partial charge in [-0.3, -0.25) is 4.98 Å². The van der Waals surface area contributed by atoms with Crippen molar-refractivity contribution < 1.29 is 26.3 Å². The SMILES string of the molecule is C[C@H](Nc1ccnc2c(C(F)(F)F)cc(C(F)(F)F)cc12)C(N=CN)=Nc1ncccn1. The highest BCUT2D eigenvalue weighted by Crippen LogP contribution is 2.41. The molecule has 0 fully saturated rings. The highest BCUT2D eigenvalue weighted by atomic mass is 19.4. The van der Waals surface area contributed by atoms with E-state index in [9.17, 15) is 26.3 Å². The summed E-state index contributed by atoms with van der Waals surface area (Å²) in [5.74, 6) is 0.0896. The summed E-state index contributed by atoms with van der Waals surface area (Å²) in [6.45, 7) is 1.54. The molecule has 13 heteroatoms. The fourth-order valence-electron chi connectivity index (χ4n) is 2.82. The summed E-state index contributed by atoms with van der Waals surface area (Å²) in [5, 5.41) is 2.45. The molecule has 0 spiro atoms. The largest absolute Gasteiger partial charge is 0.418 e. The fraction of sp³-hybridized carbons (Fsp3) is 0.211. The van der Waals surface area contributed by atoms with Gasteiger partial charge in [0, 0.05) is 29.7 Å². The van der Waals surface area contributed by atoms with Gasteiger partial charge in [-0.2, -0.15) is 31.3 Å². The standard InChI is InChI=1S/C19H15F6N7/c1-10(16(30-9-26)32-17-28-4-2-5-29-17)31-14-3-6-27-15-12(14)7-11(18(20,21)22)8-13(15)19(23,24)25/h2-10H,1H3,(H,27,31)(H2,26,28,29,30,32)/t10-/m0/s1. The Balaban J connectivity index is 2.11. The van der Waals surface area contributed by atoms with Gasteiger partial charge in [-0.15, -0.1) is 0 Å². The van der Waals surface area contributed by atoms with E-state index in [2.05, 4.69) is 30.3 Å². The van der Waals surface area contributed by atoms with Gasteiger partial charge < -0.3 is 11.1 Å². The van der Waals surface area contributed by atoms with E-state index < -0.39 is 35.0 Å². The van der Waals surface area contributed by atoms with Gasteiger partial charge in [0.05, 0.1) is 29.0 Å². The Bertz CT molecular complexity index is 1160. The van der Waals surface area contributed by atoms with Crippen molar-refractivity contribution in [2.24, 2.45) is 15.7 Å². The van der Waals surface area contributed by atoms with Gasteiger partial charge in [0.1, 0.15) is 0 Å². The van der Waals surface area contributed by atoms with Crippen molar-refractivity contribution in [1.82, 2.24) is 15.0 Å². The van der Waals surface area contributed by atoms with Crippen LogP contribution in [0, 0.1) is 0 Å². The second kappa shape index (κ2) is 8.77. The topological polar surface area (TPSA) is 101 Å². The number of alkyl halides is 6. The lowest BCUT2D eigenvalue weighted by molar-refractivity contribution is -0.142. The first-order chi connectivity index (χ1) is 15.0. The van der Waals surface area contributed by atoms with E-state index in [0.717, 1.165) is 12.5 Å². The van der Waals surface area contributed by atoms with Crippen molar-refractivity contribution in [3.8, 4) is 0 Å². The molecule has 2 aromatic heterocycles. The molecule has 0 aliphatic heterocycles. The zero-order chi connectivity index (χ0) is 23.5. The maximum atomic E-state index is 13.5. The maximum absolute atomic E-state index is 13.5. The average molecular weight is 455 g/mol. The van der Waals surface area contributed by atoms with Gasteiger partial charge in [0.2, 0.25) is 0 Å². The summed E-state index contributed by atoms with van der Waals surface area (Å²) in [7, 11) is 0. The van der Waals surface area contributed by atoms with Crippen LogP contribution in [0.3, 0.4) is 0 Å². The predicted molar refractivity (Wildman–Crippen MR) is 107 cm³/mol. The smallest absolute Gasteiger partial charge is 0.390 e. The molecule has 0 aliphatic rings. The fourth-order valence-corrected chi connectivity index (χ4v) is 2.82. The molecule has 32 heavy (non-hydrogen) atoms. The second-order valence-electron chi connectivity index (χ2n) is 6.44. The van der Waals surface area contributed by atoms with Crippen LogP contribution in [0.5, 0.6) is 0 Å². The second-order valence-corrected chi connectivity index (χ2v) is 6.44. The Labute approximate surface area is 177 Å². The normalized spacial score (nSPS) is 14.2. The van der Waals surface area contributed by atoms with Crippen LogP contribution in [0.2, 0.25) is 0 Å². The van der Waals surface area contributed by atoms with Crippen LogP contribution in [0.15, 0.2) is 52.8 Å². The number of hydrogen-bond acceptors (Lipinski definition) is 5. The molecule has 1 aromatic carbocycles. The maximum Gasteiger partial charge on any atom is 0.418 e. The molecule has 0 bridgehead atoms. The third-order valence-electron chi connectivity index (χ3n) is 4.21. The highest BCUT2D eigenvalue weighted by molar-refractivity contribution is 5.99. The number of pyridine rings is 1. The molecule has 0 saturated carbocycles. The van der Waals surface area contributed by atoms with Crippen LogP contribution < -0.4 is 11.1 Å². The van der Waals surface area contributed by atoms with Gasteiger partial charge in [-0.25, -0.2) is 15.0 Å². The van der Waals surface area contributed by atoms with Crippen molar-refractivity contribution >= 4 is 34.7 Å². The summed E-state index contributed by atoms with van der Waals surface area (Å²) in [4.78, 5) is 19.5. The minimum Gasteiger partial charge on any atom is -0.390 e. The number of aromatic nitrogens is 3. The number of nitrogens with one attached hydrogen (secondary N) is 1. The zero-order valence-corrected chi connectivity index (χ0v) is 16.3. The molecule has 0 aliphatic carbocycles. The van der Waals surface area contributed by atoms with E-state index in [-0.39, 0.29) is 28.9 Å². The molecule has 0 unspecified atom stereocenters. The number of halogens is 6. The Morgan fingerprint density at radius 1 is 1.03 bits per heavy atom. The minimum absolute atomic E-state index is 0.0343. The van der Waals surface area contributed by atoms with E-state index in [1.54, 1.807) is 13.0 Å². The van der Waals surface area contributed by atoms with Crippen molar-refractivity contribution in [2.45, 2.75) is 25.3 Å². The molecular weight excluding hydrogens is 440 g/mol. The van der Waals surface area contributed by atoms with Crippen LogP contribution in [-0.4, -0.2) is 33.2 Å². The van der Waals surface area contributed by atoms with Gasteiger partial charge >= 0.3 is 12.4 Å². The molecule has 7 nitrogen and oxygen atoms in total. The highest BCUT2D eigenvalue weighted by Gasteiger charge is 2.39. The van der Waals surface area contributed by atoms with Gasteiger partial charge in [0.15, 0.2) is 5.84 Å². The lowest BCUT2D eigenvalue weighted by atomic mass is 10.0. The van der Waals surface area contributed by atoms with Crippen LogP contribution in [0.25, 0.3) is 10.9 Å². The number of fused-ring (bicyclic) bond motifs is 1. The number of hydrogen-bond donors (Lipinski definition) is 2. The van der Waals surface area contributed by atoms with E-state index in [4.69, 9.17) is 5.73 Å². The Hall–Kier alpha value is -3.77. The number of nitrogens with zero attached hydrogens (tertiary/aromatic N) is 5. The molecular formula is C19H15F6N7. The third-order valence-corrected chi connectivity index (χ3v) is 4.21. The van der Waals surface area contributed by atoms with Crippen LogP contribution in [-0.2, 0) is 12.4 Å². The van der Waals surface area contributed by atoms with Gasteiger partial charge in [-0.1, -0.05) is 0 Å². The molecule has 3 rings (SSSR count). The zero-order valence-electron chi connectivity index (χ0n) is 16.3. The molecule has 3 N–H and O–H groups in total. The van der Waals surface area contributed by atoms with Gasteiger partial charge in [-0.05, 0) is 31.2 Å².